The minimum atomic E-state index is -0.287. The highest BCUT2D eigenvalue weighted by Gasteiger charge is 2.22. The zero-order valence-corrected chi connectivity index (χ0v) is 13.0. The molecular formula is C15H15BrFN3O. The van der Waals surface area contributed by atoms with E-state index in [4.69, 9.17) is 4.74 Å². The van der Waals surface area contributed by atoms with Crippen molar-refractivity contribution in [1.29, 1.82) is 0 Å². The molecule has 2 aromatic rings. The fraction of sp³-hybridized carbons (Fsp3) is 0.333. The van der Waals surface area contributed by atoms with Gasteiger partial charge in [-0.2, -0.15) is 0 Å². The second-order valence-corrected chi connectivity index (χ2v) is 5.80. The Balaban J connectivity index is 1.60. The van der Waals surface area contributed by atoms with Gasteiger partial charge < -0.3 is 9.64 Å². The third kappa shape index (κ3) is 3.50. The quantitative estimate of drug-likeness (QED) is 0.849. The summed E-state index contributed by atoms with van der Waals surface area (Å²) in [6.45, 7) is 1.71. The number of nitrogens with zero attached hydrogens (tertiary/aromatic N) is 3. The van der Waals surface area contributed by atoms with Crippen LogP contribution in [0.25, 0.3) is 0 Å². The summed E-state index contributed by atoms with van der Waals surface area (Å²) in [5, 5.41) is 0. The maximum Gasteiger partial charge on any atom is 0.147 e. The van der Waals surface area contributed by atoms with Gasteiger partial charge in [0.05, 0.1) is 10.7 Å². The highest BCUT2D eigenvalue weighted by molar-refractivity contribution is 9.10. The molecule has 1 aliphatic heterocycles. The standard InChI is InChI=1S/C15H15BrFN3O/c16-13-2-1-11(17)9-14(13)21-12-3-7-20(8-4-12)15-10-18-5-6-19-15/h1-2,5-6,9-10,12H,3-4,7-8H2. The van der Waals surface area contributed by atoms with Crippen LogP contribution in [0.3, 0.4) is 0 Å². The number of rotatable bonds is 3. The minimum absolute atomic E-state index is 0.0935. The highest BCUT2D eigenvalue weighted by atomic mass is 79.9. The minimum Gasteiger partial charge on any atom is -0.489 e. The lowest BCUT2D eigenvalue weighted by atomic mass is 10.1. The first-order valence-corrected chi connectivity index (χ1v) is 7.64. The van der Waals surface area contributed by atoms with Gasteiger partial charge in [-0.05, 0) is 28.1 Å². The van der Waals surface area contributed by atoms with Crippen molar-refractivity contribution in [2.45, 2.75) is 18.9 Å². The molecule has 0 unspecified atom stereocenters. The number of aromatic nitrogens is 2. The number of halogens is 2. The maximum absolute atomic E-state index is 13.3. The molecular weight excluding hydrogens is 337 g/mol. The molecule has 1 saturated heterocycles. The maximum atomic E-state index is 13.3. The molecule has 0 amide bonds. The van der Waals surface area contributed by atoms with Crippen LogP contribution in [0.1, 0.15) is 12.8 Å². The molecule has 1 aromatic heterocycles. The summed E-state index contributed by atoms with van der Waals surface area (Å²) in [6.07, 6.45) is 6.97. The van der Waals surface area contributed by atoms with Gasteiger partial charge in [-0.15, -0.1) is 0 Å². The number of ether oxygens (including phenoxy) is 1. The van der Waals surface area contributed by atoms with Crippen molar-refractivity contribution in [3.05, 3.63) is 47.1 Å². The van der Waals surface area contributed by atoms with E-state index in [1.807, 2.05) is 0 Å². The van der Waals surface area contributed by atoms with Crippen LogP contribution in [-0.4, -0.2) is 29.2 Å². The number of hydrogen-bond donors (Lipinski definition) is 0. The van der Waals surface area contributed by atoms with Crippen molar-refractivity contribution in [2.24, 2.45) is 0 Å². The Kier molecular flexibility index (Phi) is 4.34. The molecule has 0 spiro atoms. The zero-order valence-electron chi connectivity index (χ0n) is 11.4. The molecule has 3 rings (SSSR count). The van der Waals surface area contributed by atoms with E-state index in [0.717, 1.165) is 36.2 Å². The molecule has 2 heterocycles. The third-order valence-electron chi connectivity index (χ3n) is 3.50. The van der Waals surface area contributed by atoms with Crippen LogP contribution in [0.15, 0.2) is 41.3 Å². The van der Waals surface area contributed by atoms with Crippen molar-refractivity contribution < 1.29 is 9.13 Å². The first-order chi connectivity index (χ1) is 10.2. The normalized spacial score (nSPS) is 16.0. The molecule has 4 nitrogen and oxygen atoms in total. The Morgan fingerprint density at radius 1 is 1.24 bits per heavy atom. The summed E-state index contributed by atoms with van der Waals surface area (Å²) in [5.41, 5.74) is 0. The van der Waals surface area contributed by atoms with Crippen LogP contribution >= 0.6 is 15.9 Å². The molecule has 1 aromatic carbocycles. The number of anilines is 1. The second kappa shape index (κ2) is 6.39. The molecule has 6 heteroatoms. The van der Waals surface area contributed by atoms with Crippen LogP contribution in [0, 0.1) is 5.82 Å². The smallest absolute Gasteiger partial charge is 0.147 e. The van der Waals surface area contributed by atoms with Gasteiger partial charge in [0.15, 0.2) is 0 Å². The van der Waals surface area contributed by atoms with Gasteiger partial charge in [-0.25, -0.2) is 9.37 Å². The van der Waals surface area contributed by atoms with E-state index in [-0.39, 0.29) is 11.9 Å². The van der Waals surface area contributed by atoms with Gasteiger partial charge in [0.1, 0.15) is 23.5 Å². The Bertz CT molecular complexity index is 603. The number of piperidine rings is 1. The van der Waals surface area contributed by atoms with Gasteiger partial charge in [0, 0.05) is 44.4 Å². The van der Waals surface area contributed by atoms with Crippen molar-refractivity contribution in [3.8, 4) is 5.75 Å². The molecule has 0 N–H and O–H groups in total. The van der Waals surface area contributed by atoms with Gasteiger partial charge >= 0.3 is 0 Å². The van der Waals surface area contributed by atoms with E-state index >= 15 is 0 Å². The van der Waals surface area contributed by atoms with E-state index in [9.17, 15) is 4.39 Å². The van der Waals surface area contributed by atoms with Gasteiger partial charge in [0.2, 0.25) is 0 Å². The average Bonchev–Trinajstić information content (AvgIpc) is 2.53. The van der Waals surface area contributed by atoms with Crippen molar-refractivity contribution >= 4 is 21.7 Å². The van der Waals surface area contributed by atoms with Crippen LogP contribution in [0.5, 0.6) is 5.75 Å². The zero-order chi connectivity index (χ0) is 14.7. The molecule has 21 heavy (non-hydrogen) atoms. The van der Waals surface area contributed by atoms with E-state index < -0.39 is 0 Å². The number of benzene rings is 1. The predicted molar refractivity (Wildman–Crippen MR) is 82.0 cm³/mol. The number of hydrogen-bond acceptors (Lipinski definition) is 4. The fourth-order valence-electron chi connectivity index (χ4n) is 2.40. The van der Waals surface area contributed by atoms with Crippen LogP contribution in [0.2, 0.25) is 0 Å². The molecule has 0 saturated carbocycles. The third-order valence-corrected chi connectivity index (χ3v) is 4.16. The first-order valence-electron chi connectivity index (χ1n) is 6.85. The van der Waals surface area contributed by atoms with E-state index in [0.29, 0.717) is 5.75 Å². The Morgan fingerprint density at radius 2 is 2.05 bits per heavy atom. The molecule has 1 fully saturated rings. The van der Waals surface area contributed by atoms with Crippen LogP contribution in [-0.2, 0) is 0 Å². The average molecular weight is 352 g/mol. The van der Waals surface area contributed by atoms with Crippen molar-refractivity contribution in [2.75, 3.05) is 18.0 Å². The lowest BCUT2D eigenvalue weighted by Gasteiger charge is -2.32. The molecule has 1 aliphatic rings. The van der Waals surface area contributed by atoms with E-state index in [1.165, 1.54) is 12.1 Å². The molecule has 0 atom stereocenters. The Hall–Kier alpha value is -1.69. The first kappa shape index (κ1) is 14.3. The van der Waals surface area contributed by atoms with Gasteiger partial charge in [-0.1, -0.05) is 0 Å². The van der Waals surface area contributed by atoms with Gasteiger partial charge in [0.25, 0.3) is 0 Å². The van der Waals surface area contributed by atoms with Crippen LogP contribution < -0.4 is 9.64 Å². The van der Waals surface area contributed by atoms with E-state index in [2.05, 4.69) is 30.8 Å². The summed E-state index contributed by atoms with van der Waals surface area (Å²) in [5.74, 6) is 1.17. The Labute approximate surface area is 131 Å². The molecule has 0 aliphatic carbocycles. The van der Waals surface area contributed by atoms with E-state index in [1.54, 1.807) is 24.7 Å². The Morgan fingerprint density at radius 3 is 2.76 bits per heavy atom. The summed E-state index contributed by atoms with van der Waals surface area (Å²) < 4.78 is 19.9. The topological polar surface area (TPSA) is 38.2 Å². The lowest BCUT2D eigenvalue weighted by Crippen LogP contribution is -2.38. The summed E-state index contributed by atoms with van der Waals surface area (Å²) in [6, 6.07) is 4.49. The van der Waals surface area contributed by atoms with Crippen molar-refractivity contribution in [1.82, 2.24) is 9.97 Å². The fourth-order valence-corrected chi connectivity index (χ4v) is 2.74. The van der Waals surface area contributed by atoms with Gasteiger partial charge in [-0.3, -0.25) is 4.98 Å². The molecule has 0 bridgehead atoms. The molecule has 110 valence electrons. The predicted octanol–water partition coefficient (Wildman–Crippen LogP) is 3.43. The largest absolute Gasteiger partial charge is 0.489 e. The van der Waals surface area contributed by atoms with Crippen molar-refractivity contribution in [3.63, 3.8) is 0 Å². The SMILES string of the molecule is Fc1ccc(Br)c(OC2CCN(c3cnccn3)CC2)c1. The summed E-state index contributed by atoms with van der Waals surface area (Å²) >= 11 is 3.39. The van der Waals surface area contributed by atoms with Crippen LogP contribution in [0.4, 0.5) is 10.2 Å². The second-order valence-electron chi connectivity index (χ2n) is 4.94. The monoisotopic (exact) mass is 351 g/mol. The molecule has 0 radical (unpaired) electrons. The lowest BCUT2D eigenvalue weighted by molar-refractivity contribution is 0.169. The summed E-state index contributed by atoms with van der Waals surface area (Å²) in [4.78, 5) is 10.6. The summed E-state index contributed by atoms with van der Waals surface area (Å²) in [7, 11) is 0. The highest BCUT2D eigenvalue weighted by Crippen LogP contribution is 2.29.